The SMILES string of the molecule is C=CCC/C=C/C=C(\C)C[C](=C)[Sn]([CH2]CCC)([CH2]CCC)[CH2]CCC. The summed E-state index contributed by atoms with van der Waals surface area (Å²) in [7, 11) is 0. The van der Waals surface area contributed by atoms with Gasteiger partial charge >= 0.3 is 164 Å². The van der Waals surface area contributed by atoms with E-state index < -0.39 is 18.4 Å². The van der Waals surface area contributed by atoms with E-state index in [2.05, 4.69) is 52.5 Å². The Bertz CT molecular complexity index is 392. The van der Waals surface area contributed by atoms with Crippen LogP contribution >= 0.6 is 0 Å². The summed E-state index contributed by atoms with van der Waals surface area (Å²) < 4.78 is 6.30. The Labute approximate surface area is 163 Å². The van der Waals surface area contributed by atoms with Gasteiger partial charge in [0.05, 0.1) is 0 Å². The molecule has 0 spiro atoms. The van der Waals surface area contributed by atoms with E-state index in [1.807, 2.05) is 6.08 Å². The van der Waals surface area contributed by atoms with Gasteiger partial charge in [-0.15, -0.1) is 0 Å². The molecule has 0 atom stereocenters. The predicted octanol–water partition coefficient (Wildman–Crippen LogP) is 8.79. The van der Waals surface area contributed by atoms with Crippen LogP contribution in [0.2, 0.25) is 13.3 Å². The van der Waals surface area contributed by atoms with Crippen molar-refractivity contribution in [1.82, 2.24) is 0 Å². The molecule has 0 aromatic rings. The molecule has 0 aromatic carbocycles. The van der Waals surface area contributed by atoms with Crippen LogP contribution in [-0.4, -0.2) is 18.4 Å². The van der Waals surface area contributed by atoms with E-state index in [0.717, 1.165) is 19.3 Å². The number of hydrogen-bond acceptors (Lipinski definition) is 0. The third-order valence-corrected chi connectivity index (χ3v) is 21.3. The topological polar surface area (TPSA) is 0 Å². The Morgan fingerprint density at radius 1 is 0.880 bits per heavy atom. The molecular weight excluding hydrogens is 407 g/mol. The van der Waals surface area contributed by atoms with Gasteiger partial charge in [-0.05, 0) is 0 Å². The van der Waals surface area contributed by atoms with Crippen molar-refractivity contribution in [3.05, 3.63) is 46.6 Å². The van der Waals surface area contributed by atoms with Crippen LogP contribution in [0.15, 0.2) is 46.6 Å². The van der Waals surface area contributed by atoms with E-state index in [9.17, 15) is 0 Å². The molecule has 0 aliphatic heterocycles. The Balaban J connectivity index is 5.04. The number of hydrogen-bond donors (Lipinski definition) is 0. The summed E-state index contributed by atoms with van der Waals surface area (Å²) in [4.78, 5) is 0. The second-order valence-corrected chi connectivity index (χ2v) is 21.3. The van der Waals surface area contributed by atoms with E-state index in [1.165, 1.54) is 57.4 Å². The molecule has 0 unspecified atom stereocenters. The molecule has 0 saturated carbocycles. The molecule has 0 radical (unpaired) electrons. The molecule has 0 bridgehead atoms. The van der Waals surface area contributed by atoms with Crippen molar-refractivity contribution in [2.45, 2.75) is 98.8 Å². The van der Waals surface area contributed by atoms with Crippen molar-refractivity contribution in [3.63, 3.8) is 0 Å². The fourth-order valence-corrected chi connectivity index (χ4v) is 19.4. The molecule has 0 nitrogen and oxygen atoms in total. The Kier molecular flexibility index (Phi) is 15.8. The van der Waals surface area contributed by atoms with Gasteiger partial charge in [0.1, 0.15) is 0 Å². The van der Waals surface area contributed by atoms with Crippen LogP contribution in [0.1, 0.15) is 85.5 Å². The molecule has 144 valence electrons. The van der Waals surface area contributed by atoms with Crippen LogP contribution in [0, 0.1) is 0 Å². The minimum absolute atomic E-state index is 1.07. The van der Waals surface area contributed by atoms with Crippen LogP contribution in [0.3, 0.4) is 0 Å². The molecule has 0 fully saturated rings. The summed E-state index contributed by atoms with van der Waals surface area (Å²) in [6.45, 7) is 17.8. The third-order valence-electron chi connectivity index (χ3n) is 5.32. The van der Waals surface area contributed by atoms with Gasteiger partial charge in [0.15, 0.2) is 0 Å². The first-order valence-electron chi connectivity index (χ1n) is 10.7. The average Bonchev–Trinajstić information content (AvgIpc) is 2.61. The molecular formula is C24H44Sn. The van der Waals surface area contributed by atoms with Gasteiger partial charge in [0.25, 0.3) is 0 Å². The first-order valence-corrected chi connectivity index (χ1v) is 18.2. The summed E-state index contributed by atoms with van der Waals surface area (Å²) in [5, 5.41) is 0. The first-order chi connectivity index (χ1) is 12.1. The van der Waals surface area contributed by atoms with Crippen LogP contribution in [0.5, 0.6) is 0 Å². The zero-order chi connectivity index (χ0) is 19.0. The minimum atomic E-state index is -2.24. The van der Waals surface area contributed by atoms with Crippen LogP contribution < -0.4 is 0 Å². The predicted molar refractivity (Wildman–Crippen MR) is 121 cm³/mol. The molecule has 0 saturated heterocycles. The fourth-order valence-electron chi connectivity index (χ4n) is 3.58. The fraction of sp³-hybridized carbons (Fsp3) is 0.667. The summed E-state index contributed by atoms with van der Waals surface area (Å²) >= 11 is -2.24. The van der Waals surface area contributed by atoms with Crippen LogP contribution in [0.25, 0.3) is 0 Å². The molecule has 0 N–H and O–H groups in total. The van der Waals surface area contributed by atoms with Crippen LogP contribution in [0.4, 0.5) is 0 Å². The molecule has 0 aliphatic carbocycles. The molecule has 0 amide bonds. The monoisotopic (exact) mass is 452 g/mol. The second-order valence-electron chi connectivity index (χ2n) is 7.68. The average molecular weight is 451 g/mol. The van der Waals surface area contributed by atoms with Gasteiger partial charge in [-0.25, -0.2) is 0 Å². The Morgan fingerprint density at radius 3 is 1.84 bits per heavy atom. The molecule has 1 heteroatoms. The van der Waals surface area contributed by atoms with Gasteiger partial charge < -0.3 is 0 Å². The number of allylic oxidation sites excluding steroid dienone is 6. The van der Waals surface area contributed by atoms with Crippen molar-refractivity contribution < 1.29 is 0 Å². The standard InChI is InChI=1S/C12H17.3C4H9.Sn/c1-4-6-7-8-9-11-12(3)10-5-2;3*1-3-4-2;/h4,8-9,11H,1-2,6-7,10H2,3H3;3*1,3-4H2,2H3;/b9-8+,12-11+;;;;. The summed E-state index contributed by atoms with van der Waals surface area (Å²) in [6.07, 6.45) is 20.4. The van der Waals surface area contributed by atoms with Crippen molar-refractivity contribution in [2.75, 3.05) is 0 Å². The van der Waals surface area contributed by atoms with Gasteiger partial charge in [-0.2, -0.15) is 0 Å². The zero-order valence-corrected chi connectivity index (χ0v) is 20.6. The van der Waals surface area contributed by atoms with E-state index in [0.29, 0.717) is 0 Å². The number of unbranched alkanes of at least 4 members (excludes halogenated alkanes) is 4. The van der Waals surface area contributed by atoms with Crippen molar-refractivity contribution in [1.29, 1.82) is 0 Å². The van der Waals surface area contributed by atoms with Crippen LogP contribution in [-0.2, 0) is 0 Å². The van der Waals surface area contributed by atoms with E-state index in [4.69, 9.17) is 6.58 Å². The third kappa shape index (κ3) is 11.2. The second kappa shape index (κ2) is 16.0. The zero-order valence-electron chi connectivity index (χ0n) is 17.7. The molecule has 0 heterocycles. The molecule has 0 aliphatic rings. The van der Waals surface area contributed by atoms with Crippen molar-refractivity contribution in [3.8, 4) is 0 Å². The van der Waals surface area contributed by atoms with Gasteiger partial charge in [0, 0.05) is 0 Å². The molecule has 25 heavy (non-hydrogen) atoms. The maximum atomic E-state index is 4.70. The van der Waals surface area contributed by atoms with E-state index >= 15 is 0 Å². The van der Waals surface area contributed by atoms with Gasteiger partial charge in [-0.3, -0.25) is 0 Å². The van der Waals surface area contributed by atoms with Crippen molar-refractivity contribution in [2.24, 2.45) is 0 Å². The number of rotatable bonds is 16. The quantitative estimate of drug-likeness (QED) is 0.0952. The van der Waals surface area contributed by atoms with Crippen molar-refractivity contribution >= 4 is 18.4 Å². The van der Waals surface area contributed by atoms with E-state index in [-0.39, 0.29) is 0 Å². The molecule has 0 aromatic heterocycles. The Hall–Kier alpha value is -0.241. The van der Waals surface area contributed by atoms with E-state index in [1.54, 1.807) is 3.59 Å². The summed E-state index contributed by atoms with van der Waals surface area (Å²) in [5.41, 5.74) is 1.49. The summed E-state index contributed by atoms with van der Waals surface area (Å²) in [6, 6.07) is 0. The Morgan fingerprint density at radius 2 is 1.40 bits per heavy atom. The molecule has 0 rings (SSSR count). The summed E-state index contributed by atoms with van der Waals surface area (Å²) in [5.74, 6) is 0. The maximum absolute atomic E-state index is 4.70. The van der Waals surface area contributed by atoms with Gasteiger partial charge in [0.2, 0.25) is 0 Å². The van der Waals surface area contributed by atoms with Gasteiger partial charge in [-0.1, -0.05) is 0 Å². The first kappa shape index (κ1) is 24.8. The normalized spacial score (nSPS) is 12.7.